The van der Waals surface area contributed by atoms with Gasteiger partial charge in [-0.2, -0.15) is 5.26 Å². The molecule has 0 heterocycles. The first-order chi connectivity index (χ1) is 4.69. The highest BCUT2D eigenvalue weighted by atomic mass is 35.5. The van der Waals surface area contributed by atoms with Gasteiger partial charge in [0.25, 0.3) is 0 Å². The van der Waals surface area contributed by atoms with Crippen molar-refractivity contribution in [1.29, 1.82) is 5.26 Å². The maximum atomic E-state index is 8.58. The van der Waals surface area contributed by atoms with Crippen molar-refractivity contribution >= 4 is 12.4 Å². The molecule has 0 amide bonds. The fourth-order valence-electron chi connectivity index (χ4n) is 0.781. The van der Waals surface area contributed by atoms with Crippen LogP contribution in [0.15, 0.2) is 24.3 Å². The van der Waals surface area contributed by atoms with Crippen LogP contribution >= 0.6 is 12.4 Å². The minimum absolute atomic E-state index is 0. The van der Waals surface area contributed by atoms with Gasteiger partial charge >= 0.3 is 0 Å². The van der Waals surface area contributed by atoms with Crippen LogP contribution in [0.3, 0.4) is 0 Å². The quantitative estimate of drug-likeness (QED) is 0.542. The Bertz CT molecular complexity index is 228. The van der Waals surface area contributed by atoms with Crippen molar-refractivity contribution in [3.63, 3.8) is 0 Å². The number of hydrogen-bond acceptors (Lipinski definition) is 3. The molecule has 1 aliphatic rings. The Balaban J connectivity index is 0.000001000. The third kappa shape index (κ3) is 1.81. The molecule has 0 bridgehead atoms. The van der Waals surface area contributed by atoms with Gasteiger partial charge in [0.2, 0.25) is 0 Å². The zero-order valence-electron chi connectivity index (χ0n) is 5.90. The van der Waals surface area contributed by atoms with Crippen LogP contribution in [-0.2, 0) is 0 Å². The Morgan fingerprint density at radius 3 is 2.45 bits per heavy atom. The zero-order chi connectivity index (χ0) is 7.61. The van der Waals surface area contributed by atoms with Crippen molar-refractivity contribution in [1.82, 2.24) is 0 Å². The van der Waals surface area contributed by atoms with Crippen LogP contribution in [0, 0.1) is 11.3 Å². The minimum Gasteiger partial charge on any atom is -0.322 e. The van der Waals surface area contributed by atoms with Gasteiger partial charge in [0.15, 0.2) is 0 Å². The van der Waals surface area contributed by atoms with Gasteiger partial charge in [-0.3, -0.25) is 0 Å². The average molecular weight is 172 g/mol. The number of halogens is 1. The van der Waals surface area contributed by atoms with Gasteiger partial charge in [-0.25, -0.2) is 0 Å². The van der Waals surface area contributed by atoms with Crippen molar-refractivity contribution in [2.45, 2.75) is 11.6 Å². The molecule has 0 radical (unpaired) electrons. The predicted molar refractivity (Wildman–Crippen MR) is 46.0 cm³/mol. The van der Waals surface area contributed by atoms with E-state index in [1.54, 1.807) is 24.3 Å². The molecule has 1 aliphatic carbocycles. The van der Waals surface area contributed by atoms with E-state index >= 15 is 0 Å². The molecule has 3 nitrogen and oxygen atoms in total. The highest BCUT2D eigenvalue weighted by Gasteiger charge is 2.28. The number of nitriles is 1. The van der Waals surface area contributed by atoms with Crippen molar-refractivity contribution < 1.29 is 0 Å². The van der Waals surface area contributed by atoms with Crippen LogP contribution in [0.1, 0.15) is 0 Å². The van der Waals surface area contributed by atoms with E-state index in [-0.39, 0.29) is 18.4 Å². The zero-order valence-corrected chi connectivity index (χ0v) is 6.71. The topological polar surface area (TPSA) is 75.8 Å². The minimum atomic E-state index is -1.01. The lowest BCUT2D eigenvalue weighted by Crippen LogP contribution is -2.52. The lowest BCUT2D eigenvalue weighted by atomic mass is 9.90. The second-order valence-corrected chi connectivity index (χ2v) is 2.31. The second kappa shape index (κ2) is 3.54. The molecule has 4 N–H and O–H groups in total. The molecule has 0 saturated heterocycles. The number of nitrogens with two attached hydrogens (primary N) is 2. The molecule has 2 unspecified atom stereocenters. The van der Waals surface area contributed by atoms with E-state index in [1.807, 2.05) is 6.07 Å². The monoisotopic (exact) mass is 171 g/mol. The van der Waals surface area contributed by atoms with Crippen LogP contribution in [0.4, 0.5) is 0 Å². The second-order valence-electron chi connectivity index (χ2n) is 2.31. The Morgan fingerprint density at radius 1 is 1.45 bits per heavy atom. The smallest absolute Gasteiger partial charge is 0.141 e. The van der Waals surface area contributed by atoms with Gasteiger partial charge in [0, 0.05) is 0 Å². The largest absolute Gasteiger partial charge is 0.322 e. The normalized spacial score (nSPS) is 34.1. The average Bonchev–Trinajstić information content (AvgIpc) is 1.96. The summed E-state index contributed by atoms with van der Waals surface area (Å²) in [6, 6.07) is 1.56. The highest BCUT2D eigenvalue weighted by Crippen LogP contribution is 2.11. The van der Waals surface area contributed by atoms with Crippen LogP contribution in [-0.4, -0.2) is 11.6 Å². The Labute approximate surface area is 71.8 Å². The molecule has 0 aliphatic heterocycles. The van der Waals surface area contributed by atoms with Gasteiger partial charge < -0.3 is 11.5 Å². The van der Waals surface area contributed by atoms with Crippen molar-refractivity contribution in [3.8, 4) is 6.07 Å². The third-order valence-electron chi connectivity index (χ3n) is 1.55. The first kappa shape index (κ1) is 10.2. The molecule has 0 aromatic rings. The lowest BCUT2D eigenvalue weighted by Gasteiger charge is -2.24. The predicted octanol–water partition coefficient (Wildman–Crippen LogP) is 0.0826. The highest BCUT2D eigenvalue weighted by molar-refractivity contribution is 5.85. The van der Waals surface area contributed by atoms with E-state index in [0.29, 0.717) is 0 Å². The molecule has 0 saturated carbocycles. The lowest BCUT2D eigenvalue weighted by molar-refractivity contribution is 0.583. The van der Waals surface area contributed by atoms with E-state index in [0.717, 1.165) is 0 Å². The van der Waals surface area contributed by atoms with E-state index < -0.39 is 5.54 Å². The van der Waals surface area contributed by atoms with E-state index in [4.69, 9.17) is 16.7 Å². The fourth-order valence-corrected chi connectivity index (χ4v) is 0.781. The molecule has 0 fully saturated rings. The van der Waals surface area contributed by atoms with Crippen LogP contribution in [0.2, 0.25) is 0 Å². The maximum Gasteiger partial charge on any atom is 0.141 e. The van der Waals surface area contributed by atoms with Gasteiger partial charge in [0.05, 0.1) is 12.1 Å². The van der Waals surface area contributed by atoms with Gasteiger partial charge in [-0.05, 0) is 6.08 Å². The van der Waals surface area contributed by atoms with E-state index in [2.05, 4.69) is 0 Å². The molecule has 60 valence electrons. The molecule has 0 aromatic carbocycles. The van der Waals surface area contributed by atoms with Gasteiger partial charge in [-0.15, -0.1) is 12.4 Å². The Hall–Kier alpha value is -0.820. The Morgan fingerprint density at radius 2 is 2.09 bits per heavy atom. The van der Waals surface area contributed by atoms with Gasteiger partial charge in [0.1, 0.15) is 5.54 Å². The van der Waals surface area contributed by atoms with Gasteiger partial charge in [-0.1, -0.05) is 18.2 Å². The number of rotatable bonds is 0. The molecule has 0 spiro atoms. The summed E-state index contributed by atoms with van der Waals surface area (Å²) in [5, 5.41) is 8.58. The first-order valence-electron chi connectivity index (χ1n) is 3.01. The third-order valence-corrected chi connectivity index (χ3v) is 1.55. The summed E-state index contributed by atoms with van der Waals surface area (Å²) in [5.41, 5.74) is 10.1. The molecular weight excluding hydrogens is 162 g/mol. The van der Waals surface area contributed by atoms with Crippen LogP contribution < -0.4 is 11.5 Å². The molecule has 0 aromatic heterocycles. The summed E-state index contributed by atoms with van der Waals surface area (Å²) >= 11 is 0. The number of allylic oxidation sites excluding steroid dienone is 2. The fraction of sp³-hybridized carbons (Fsp3) is 0.286. The van der Waals surface area contributed by atoms with Crippen LogP contribution in [0.5, 0.6) is 0 Å². The summed E-state index contributed by atoms with van der Waals surface area (Å²) in [6.45, 7) is 0. The molecule has 4 heteroatoms. The Kier molecular flexibility index (Phi) is 3.27. The molecule has 2 atom stereocenters. The first-order valence-corrected chi connectivity index (χ1v) is 3.01. The van der Waals surface area contributed by atoms with Crippen molar-refractivity contribution in [3.05, 3.63) is 24.3 Å². The van der Waals surface area contributed by atoms with E-state index in [9.17, 15) is 0 Å². The van der Waals surface area contributed by atoms with Crippen LogP contribution in [0.25, 0.3) is 0 Å². The summed E-state index contributed by atoms with van der Waals surface area (Å²) in [6.07, 6.45) is 6.83. The van der Waals surface area contributed by atoms with E-state index in [1.165, 1.54) is 0 Å². The summed E-state index contributed by atoms with van der Waals surface area (Å²) in [4.78, 5) is 0. The van der Waals surface area contributed by atoms with Crippen molar-refractivity contribution in [2.75, 3.05) is 0 Å². The maximum absolute atomic E-state index is 8.58. The molecule has 1 rings (SSSR count). The molecule has 11 heavy (non-hydrogen) atoms. The summed E-state index contributed by atoms with van der Waals surface area (Å²) in [7, 11) is 0. The SMILES string of the molecule is Cl.N#CC1(N)C=CC=CC1N. The molecular formula is C7H10ClN3. The summed E-state index contributed by atoms with van der Waals surface area (Å²) < 4.78 is 0. The number of hydrogen-bond donors (Lipinski definition) is 2. The van der Waals surface area contributed by atoms with Crippen molar-refractivity contribution in [2.24, 2.45) is 11.5 Å². The number of nitrogens with zero attached hydrogens (tertiary/aromatic N) is 1. The standard InChI is InChI=1S/C7H9N3.ClH/c8-5-7(10)4-2-1-3-6(7)9;/h1-4,6H,9-10H2;1H. The summed E-state index contributed by atoms with van der Waals surface area (Å²) in [5.74, 6) is 0.